The maximum atomic E-state index is 11.2. The molecule has 0 radical (unpaired) electrons. The minimum Gasteiger partial charge on any atom is -0.478 e. The maximum absolute atomic E-state index is 11.2. The number of aromatic carboxylic acids is 1. The molecular formula is C12H14O3. The first-order valence-corrected chi connectivity index (χ1v) is 5.65. The van der Waals surface area contributed by atoms with E-state index >= 15 is 0 Å². The Hall–Kier alpha value is -1.25. The van der Waals surface area contributed by atoms with Crippen LogP contribution in [0.25, 0.3) is 0 Å². The van der Waals surface area contributed by atoms with Crippen LogP contribution < -0.4 is 0 Å². The molecule has 0 unspecified atom stereocenters. The average molecular weight is 206 g/mol. The summed E-state index contributed by atoms with van der Waals surface area (Å²) in [7, 11) is 0. The van der Waals surface area contributed by atoms with E-state index in [1.807, 2.05) is 0 Å². The van der Waals surface area contributed by atoms with E-state index in [-0.39, 0.29) is 0 Å². The second kappa shape index (κ2) is 3.12. The highest BCUT2D eigenvalue weighted by atomic mass is 16.4. The van der Waals surface area contributed by atoms with Crippen molar-refractivity contribution in [3.05, 3.63) is 22.6 Å². The van der Waals surface area contributed by atoms with Crippen LogP contribution in [-0.4, -0.2) is 11.1 Å². The molecule has 0 aliphatic heterocycles. The topological polar surface area (TPSA) is 50.4 Å². The summed E-state index contributed by atoms with van der Waals surface area (Å²) in [4.78, 5) is 11.2. The highest BCUT2D eigenvalue weighted by molar-refractivity contribution is 5.91. The molecule has 3 heteroatoms. The van der Waals surface area contributed by atoms with Gasteiger partial charge in [-0.15, -0.1) is 0 Å². The van der Waals surface area contributed by atoms with Crippen molar-refractivity contribution in [2.24, 2.45) is 0 Å². The van der Waals surface area contributed by atoms with Gasteiger partial charge in [-0.2, -0.15) is 0 Å². The van der Waals surface area contributed by atoms with E-state index in [2.05, 4.69) is 0 Å². The summed E-state index contributed by atoms with van der Waals surface area (Å²) in [5.74, 6) is 1.28. The van der Waals surface area contributed by atoms with Crippen LogP contribution in [-0.2, 0) is 12.8 Å². The van der Waals surface area contributed by atoms with Gasteiger partial charge in [0.05, 0.1) is 0 Å². The molecular weight excluding hydrogens is 192 g/mol. The van der Waals surface area contributed by atoms with Gasteiger partial charge in [0, 0.05) is 17.9 Å². The van der Waals surface area contributed by atoms with Crippen LogP contribution >= 0.6 is 0 Å². The van der Waals surface area contributed by atoms with Crippen LogP contribution in [0.2, 0.25) is 0 Å². The Bertz CT molecular complexity index is 413. The lowest BCUT2D eigenvalue weighted by molar-refractivity contribution is 0.0691. The third-order valence-corrected chi connectivity index (χ3v) is 3.64. The highest BCUT2D eigenvalue weighted by Gasteiger charge is 2.34. The summed E-state index contributed by atoms with van der Waals surface area (Å²) in [6.45, 7) is 0. The zero-order valence-corrected chi connectivity index (χ0v) is 8.58. The maximum Gasteiger partial charge on any atom is 0.339 e. The Kier molecular flexibility index (Phi) is 1.87. The van der Waals surface area contributed by atoms with E-state index < -0.39 is 5.97 Å². The molecule has 0 amide bonds. The van der Waals surface area contributed by atoms with Crippen molar-refractivity contribution in [3.8, 4) is 0 Å². The minimum atomic E-state index is -0.802. The molecule has 0 saturated heterocycles. The summed E-state index contributed by atoms with van der Waals surface area (Å²) in [5, 5.41) is 9.23. The van der Waals surface area contributed by atoms with E-state index in [4.69, 9.17) is 4.42 Å². The Labute approximate surface area is 88.1 Å². The van der Waals surface area contributed by atoms with Crippen LogP contribution in [0, 0.1) is 0 Å². The zero-order chi connectivity index (χ0) is 10.4. The number of aryl methyl sites for hydroxylation is 1. The number of carboxylic acids is 1. The summed E-state index contributed by atoms with van der Waals surface area (Å²) in [6, 6.07) is 0. The fraction of sp³-hybridized carbons (Fsp3) is 0.583. The van der Waals surface area contributed by atoms with Crippen molar-refractivity contribution in [1.29, 1.82) is 0 Å². The van der Waals surface area contributed by atoms with Crippen molar-refractivity contribution in [2.75, 3.05) is 0 Å². The van der Waals surface area contributed by atoms with Crippen molar-refractivity contribution in [1.82, 2.24) is 0 Å². The van der Waals surface area contributed by atoms with Gasteiger partial charge in [-0.25, -0.2) is 4.79 Å². The standard InChI is InChI=1S/C12H14O3/c13-12(14)10-8-5-2-6-9(8)15-11(10)7-3-1-4-7/h7H,1-6H2,(H,13,14). The fourth-order valence-corrected chi connectivity index (χ4v) is 2.62. The third-order valence-electron chi connectivity index (χ3n) is 3.64. The van der Waals surface area contributed by atoms with Gasteiger partial charge >= 0.3 is 5.97 Å². The SMILES string of the molecule is O=C(O)c1c(C2CCC2)oc2c1CCC2. The van der Waals surface area contributed by atoms with Crippen LogP contribution in [0.5, 0.6) is 0 Å². The molecule has 80 valence electrons. The largest absolute Gasteiger partial charge is 0.478 e. The van der Waals surface area contributed by atoms with Crippen molar-refractivity contribution in [3.63, 3.8) is 0 Å². The number of hydrogen-bond acceptors (Lipinski definition) is 2. The van der Waals surface area contributed by atoms with Crippen LogP contribution in [0.1, 0.15) is 59.0 Å². The molecule has 2 aliphatic carbocycles. The molecule has 15 heavy (non-hydrogen) atoms. The van der Waals surface area contributed by atoms with E-state index in [0.717, 1.165) is 49.2 Å². The first-order valence-electron chi connectivity index (χ1n) is 5.65. The molecule has 1 N–H and O–H groups in total. The molecule has 1 aromatic rings. The van der Waals surface area contributed by atoms with E-state index in [0.29, 0.717) is 11.5 Å². The number of fused-ring (bicyclic) bond motifs is 1. The van der Waals surface area contributed by atoms with Gasteiger partial charge < -0.3 is 9.52 Å². The minimum absolute atomic E-state index is 0.377. The van der Waals surface area contributed by atoms with Crippen molar-refractivity contribution < 1.29 is 14.3 Å². The highest BCUT2D eigenvalue weighted by Crippen LogP contribution is 2.42. The van der Waals surface area contributed by atoms with Gasteiger partial charge in [0.1, 0.15) is 17.1 Å². The lowest BCUT2D eigenvalue weighted by atomic mass is 9.81. The van der Waals surface area contributed by atoms with E-state index in [1.54, 1.807) is 0 Å². The second-order valence-electron chi connectivity index (χ2n) is 4.53. The first-order chi connectivity index (χ1) is 7.27. The van der Waals surface area contributed by atoms with Crippen LogP contribution in [0.15, 0.2) is 4.42 Å². The van der Waals surface area contributed by atoms with Gasteiger partial charge in [-0.05, 0) is 25.7 Å². The number of carbonyl (C=O) groups is 1. The van der Waals surface area contributed by atoms with E-state index in [1.165, 1.54) is 6.42 Å². The normalized spacial score (nSPS) is 20.0. The summed E-state index contributed by atoms with van der Waals surface area (Å²) in [5.41, 5.74) is 1.47. The van der Waals surface area contributed by atoms with Crippen LogP contribution in [0.3, 0.4) is 0 Å². The van der Waals surface area contributed by atoms with Gasteiger partial charge in [-0.3, -0.25) is 0 Å². The van der Waals surface area contributed by atoms with Crippen LogP contribution in [0.4, 0.5) is 0 Å². The number of hydrogen-bond donors (Lipinski definition) is 1. The molecule has 1 aromatic heterocycles. The predicted octanol–water partition coefficient (Wildman–Crippen LogP) is 2.73. The molecule has 2 aliphatic rings. The van der Waals surface area contributed by atoms with Gasteiger partial charge in [0.2, 0.25) is 0 Å². The Morgan fingerprint density at radius 2 is 2.07 bits per heavy atom. The molecule has 0 atom stereocenters. The van der Waals surface area contributed by atoms with Gasteiger partial charge in [0.15, 0.2) is 0 Å². The Morgan fingerprint density at radius 3 is 2.67 bits per heavy atom. The first kappa shape index (κ1) is 9.01. The molecule has 1 fully saturated rings. The molecule has 3 nitrogen and oxygen atoms in total. The lowest BCUT2D eigenvalue weighted by Gasteiger charge is -2.23. The quantitative estimate of drug-likeness (QED) is 0.809. The second-order valence-corrected chi connectivity index (χ2v) is 4.53. The summed E-state index contributed by atoms with van der Waals surface area (Å²) >= 11 is 0. The summed E-state index contributed by atoms with van der Waals surface area (Å²) in [6.07, 6.45) is 6.23. The monoisotopic (exact) mass is 206 g/mol. The smallest absolute Gasteiger partial charge is 0.339 e. The Morgan fingerprint density at radius 1 is 1.27 bits per heavy atom. The van der Waals surface area contributed by atoms with Crippen molar-refractivity contribution in [2.45, 2.75) is 44.4 Å². The predicted molar refractivity (Wildman–Crippen MR) is 54.3 cm³/mol. The fourth-order valence-electron chi connectivity index (χ4n) is 2.62. The van der Waals surface area contributed by atoms with Gasteiger partial charge in [0.25, 0.3) is 0 Å². The molecule has 1 heterocycles. The van der Waals surface area contributed by atoms with E-state index in [9.17, 15) is 9.90 Å². The molecule has 0 bridgehead atoms. The van der Waals surface area contributed by atoms with Gasteiger partial charge in [-0.1, -0.05) is 6.42 Å². The number of furan rings is 1. The number of rotatable bonds is 2. The molecule has 0 aromatic carbocycles. The molecule has 1 saturated carbocycles. The van der Waals surface area contributed by atoms with Crippen molar-refractivity contribution >= 4 is 5.97 Å². The third kappa shape index (κ3) is 1.22. The summed E-state index contributed by atoms with van der Waals surface area (Å²) < 4.78 is 5.74. The molecule has 3 rings (SSSR count). The lowest BCUT2D eigenvalue weighted by Crippen LogP contribution is -2.12. The molecule has 0 spiro atoms. The zero-order valence-electron chi connectivity index (χ0n) is 8.58. The average Bonchev–Trinajstić information content (AvgIpc) is 2.58. The number of carboxylic acid groups (broad SMARTS) is 1. The Balaban J connectivity index is 2.09.